The second-order valence-electron chi connectivity index (χ2n) is 7.09. The molecule has 2 saturated heterocycles. The lowest BCUT2D eigenvalue weighted by molar-refractivity contribution is -0.384. The number of rotatable bonds is 4. The van der Waals surface area contributed by atoms with Crippen molar-refractivity contribution in [2.24, 2.45) is 0 Å². The number of hydrogen-bond acceptors (Lipinski definition) is 5. The predicted octanol–water partition coefficient (Wildman–Crippen LogP) is 2.26. The SMILES string of the molecule is CC1CCCCN1C(=O)CN1CCN(c2cc(F)ccc2[N+](=O)[O-])CC1. The van der Waals surface area contributed by atoms with Crippen molar-refractivity contribution in [1.82, 2.24) is 9.80 Å². The number of hydrogen-bond donors (Lipinski definition) is 0. The summed E-state index contributed by atoms with van der Waals surface area (Å²) < 4.78 is 13.5. The lowest BCUT2D eigenvalue weighted by atomic mass is 10.0. The second kappa shape index (κ2) is 7.99. The number of carbonyl (C=O) groups excluding carboxylic acids is 1. The number of benzene rings is 1. The minimum absolute atomic E-state index is 0.0851. The topological polar surface area (TPSA) is 69.9 Å². The van der Waals surface area contributed by atoms with Gasteiger partial charge in [0.25, 0.3) is 5.69 Å². The summed E-state index contributed by atoms with van der Waals surface area (Å²) in [4.78, 5) is 29.1. The molecule has 1 unspecified atom stereocenters. The minimum atomic E-state index is -0.484. The first kappa shape index (κ1) is 18.6. The van der Waals surface area contributed by atoms with Gasteiger partial charge < -0.3 is 9.80 Å². The zero-order valence-electron chi connectivity index (χ0n) is 15.1. The Kier molecular flexibility index (Phi) is 5.70. The smallest absolute Gasteiger partial charge is 0.292 e. The van der Waals surface area contributed by atoms with Gasteiger partial charge in [-0.2, -0.15) is 0 Å². The molecule has 0 aromatic heterocycles. The highest BCUT2D eigenvalue weighted by atomic mass is 19.1. The number of piperazine rings is 1. The Hall–Kier alpha value is -2.22. The van der Waals surface area contributed by atoms with Crippen molar-refractivity contribution in [3.63, 3.8) is 0 Å². The van der Waals surface area contributed by atoms with Crippen LogP contribution in [-0.2, 0) is 4.79 Å². The normalized spacial score (nSPS) is 21.7. The minimum Gasteiger partial charge on any atom is -0.363 e. The monoisotopic (exact) mass is 364 g/mol. The predicted molar refractivity (Wildman–Crippen MR) is 96.7 cm³/mol. The molecule has 142 valence electrons. The van der Waals surface area contributed by atoms with Crippen LogP contribution < -0.4 is 4.90 Å². The fraction of sp³-hybridized carbons (Fsp3) is 0.611. The Balaban J connectivity index is 1.59. The van der Waals surface area contributed by atoms with Crippen LogP contribution in [0.2, 0.25) is 0 Å². The van der Waals surface area contributed by atoms with E-state index in [4.69, 9.17) is 0 Å². The molecular formula is C18H25FN4O3. The Bertz CT molecular complexity index is 676. The fourth-order valence-corrected chi connectivity index (χ4v) is 3.80. The van der Waals surface area contributed by atoms with E-state index >= 15 is 0 Å². The van der Waals surface area contributed by atoms with E-state index in [9.17, 15) is 19.3 Å². The molecule has 1 atom stereocenters. The largest absolute Gasteiger partial charge is 0.363 e. The quantitative estimate of drug-likeness (QED) is 0.605. The summed E-state index contributed by atoms with van der Waals surface area (Å²) in [5.41, 5.74) is 0.226. The van der Waals surface area contributed by atoms with E-state index in [1.807, 2.05) is 9.80 Å². The van der Waals surface area contributed by atoms with E-state index in [2.05, 4.69) is 11.8 Å². The molecule has 1 aromatic carbocycles. The molecule has 3 rings (SSSR count). The van der Waals surface area contributed by atoms with Crippen LogP contribution in [0.25, 0.3) is 0 Å². The third kappa shape index (κ3) is 4.12. The molecule has 0 spiro atoms. The van der Waals surface area contributed by atoms with Gasteiger partial charge in [-0.3, -0.25) is 19.8 Å². The van der Waals surface area contributed by atoms with Gasteiger partial charge in [-0.05, 0) is 32.3 Å². The van der Waals surface area contributed by atoms with Gasteiger partial charge in [-0.25, -0.2) is 4.39 Å². The molecule has 2 fully saturated rings. The molecule has 0 saturated carbocycles. The first-order valence-corrected chi connectivity index (χ1v) is 9.16. The maximum Gasteiger partial charge on any atom is 0.292 e. The van der Waals surface area contributed by atoms with Gasteiger partial charge in [-0.1, -0.05) is 0 Å². The van der Waals surface area contributed by atoms with Crippen LogP contribution in [0.5, 0.6) is 0 Å². The molecule has 1 aromatic rings. The first-order valence-electron chi connectivity index (χ1n) is 9.16. The molecular weight excluding hydrogens is 339 g/mol. The number of nitrogens with zero attached hydrogens (tertiary/aromatic N) is 4. The van der Waals surface area contributed by atoms with Crippen LogP contribution in [0.4, 0.5) is 15.8 Å². The number of likely N-dealkylation sites (tertiary alicyclic amines) is 1. The highest BCUT2D eigenvalue weighted by molar-refractivity contribution is 5.78. The summed E-state index contributed by atoms with van der Waals surface area (Å²) in [5.74, 6) is -0.329. The highest BCUT2D eigenvalue weighted by Crippen LogP contribution is 2.29. The molecule has 2 heterocycles. The van der Waals surface area contributed by atoms with Crippen molar-refractivity contribution in [3.05, 3.63) is 34.1 Å². The van der Waals surface area contributed by atoms with E-state index in [-0.39, 0.29) is 11.6 Å². The van der Waals surface area contributed by atoms with E-state index in [1.165, 1.54) is 18.6 Å². The van der Waals surface area contributed by atoms with Crippen molar-refractivity contribution < 1.29 is 14.1 Å². The Morgan fingerprint density at radius 1 is 1.23 bits per heavy atom. The third-order valence-electron chi connectivity index (χ3n) is 5.33. The zero-order valence-corrected chi connectivity index (χ0v) is 15.1. The van der Waals surface area contributed by atoms with Gasteiger partial charge >= 0.3 is 0 Å². The first-order chi connectivity index (χ1) is 12.5. The molecule has 2 aliphatic rings. The average Bonchev–Trinajstić information content (AvgIpc) is 2.62. The summed E-state index contributed by atoms with van der Waals surface area (Å²) in [6, 6.07) is 3.83. The molecule has 26 heavy (non-hydrogen) atoms. The molecule has 0 N–H and O–H groups in total. The molecule has 2 aliphatic heterocycles. The van der Waals surface area contributed by atoms with Crippen molar-refractivity contribution in [2.75, 3.05) is 44.2 Å². The van der Waals surface area contributed by atoms with Gasteiger partial charge in [0.05, 0.1) is 11.5 Å². The van der Waals surface area contributed by atoms with Crippen LogP contribution >= 0.6 is 0 Å². The number of piperidine rings is 1. The summed E-state index contributed by atoms with van der Waals surface area (Å²) >= 11 is 0. The highest BCUT2D eigenvalue weighted by Gasteiger charge is 2.28. The van der Waals surface area contributed by atoms with E-state index in [0.717, 1.165) is 25.5 Å². The van der Waals surface area contributed by atoms with Crippen LogP contribution in [0.15, 0.2) is 18.2 Å². The number of carbonyl (C=O) groups is 1. The second-order valence-corrected chi connectivity index (χ2v) is 7.09. The van der Waals surface area contributed by atoms with Gasteiger partial charge in [0.1, 0.15) is 11.5 Å². The maximum absolute atomic E-state index is 13.5. The molecule has 0 aliphatic carbocycles. The number of anilines is 1. The summed E-state index contributed by atoms with van der Waals surface area (Å²) in [7, 11) is 0. The number of nitro groups is 1. The number of halogens is 1. The van der Waals surface area contributed by atoms with Crippen LogP contribution in [0.3, 0.4) is 0 Å². The van der Waals surface area contributed by atoms with Gasteiger partial charge in [0.15, 0.2) is 0 Å². The van der Waals surface area contributed by atoms with E-state index in [0.29, 0.717) is 44.5 Å². The summed E-state index contributed by atoms with van der Waals surface area (Å²) in [6.07, 6.45) is 3.30. The van der Waals surface area contributed by atoms with E-state index in [1.54, 1.807) is 0 Å². The molecule has 7 nitrogen and oxygen atoms in total. The number of amides is 1. The van der Waals surface area contributed by atoms with Gasteiger partial charge in [-0.15, -0.1) is 0 Å². The van der Waals surface area contributed by atoms with Crippen molar-refractivity contribution >= 4 is 17.3 Å². The lowest BCUT2D eigenvalue weighted by Gasteiger charge is -2.38. The zero-order chi connectivity index (χ0) is 18.7. The lowest BCUT2D eigenvalue weighted by Crippen LogP contribution is -2.52. The molecule has 0 bridgehead atoms. The Morgan fingerprint density at radius 2 is 1.96 bits per heavy atom. The maximum atomic E-state index is 13.5. The summed E-state index contributed by atoms with van der Waals surface area (Å²) in [5, 5.41) is 11.2. The van der Waals surface area contributed by atoms with Crippen molar-refractivity contribution in [3.8, 4) is 0 Å². The molecule has 0 radical (unpaired) electrons. The van der Waals surface area contributed by atoms with Crippen molar-refractivity contribution in [1.29, 1.82) is 0 Å². The average molecular weight is 364 g/mol. The van der Waals surface area contributed by atoms with Crippen LogP contribution in [0, 0.1) is 15.9 Å². The summed E-state index contributed by atoms with van der Waals surface area (Å²) in [6.45, 7) is 5.63. The molecule has 8 heteroatoms. The van der Waals surface area contributed by atoms with Crippen molar-refractivity contribution in [2.45, 2.75) is 32.2 Å². The fourth-order valence-electron chi connectivity index (χ4n) is 3.80. The van der Waals surface area contributed by atoms with Crippen LogP contribution in [-0.4, -0.2) is 65.9 Å². The van der Waals surface area contributed by atoms with Gasteiger partial charge in [0, 0.05) is 50.9 Å². The molecule has 1 amide bonds. The number of nitro benzene ring substituents is 1. The van der Waals surface area contributed by atoms with Gasteiger partial charge in [0.2, 0.25) is 5.91 Å². The van der Waals surface area contributed by atoms with Crippen LogP contribution in [0.1, 0.15) is 26.2 Å². The van der Waals surface area contributed by atoms with E-state index < -0.39 is 10.7 Å². The Morgan fingerprint density at radius 3 is 2.62 bits per heavy atom. The third-order valence-corrected chi connectivity index (χ3v) is 5.33. The standard InChI is InChI=1S/C18H25FN4O3/c1-14-4-2-3-7-22(14)18(24)13-20-8-10-21(11-9-20)17-12-15(19)5-6-16(17)23(25)26/h5-6,12,14H,2-4,7-11,13H2,1H3. The Labute approximate surface area is 152 Å².